The number of rotatable bonds is 1. The first-order chi connectivity index (χ1) is 14.4. The van der Waals surface area contributed by atoms with Gasteiger partial charge in [-0.1, -0.05) is 33.8 Å². The Kier molecular flexibility index (Phi) is 3.35. The highest BCUT2D eigenvalue weighted by molar-refractivity contribution is 5.99. The Labute approximate surface area is 182 Å². The summed E-state index contributed by atoms with van der Waals surface area (Å²) in [5.74, 6) is -1.000. The zero-order valence-electron chi connectivity index (χ0n) is 18.7. The van der Waals surface area contributed by atoms with E-state index in [2.05, 4.69) is 13.0 Å². The number of fused-ring (bicyclic) bond motifs is 2. The number of aliphatic hydroxyl groups excluding tert-OH is 2. The van der Waals surface area contributed by atoms with Gasteiger partial charge in [0.25, 0.3) is 0 Å². The summed E-state index contributed by atoms with van der Waals surface area (Å²) >= 11 is 0. The molecule has 168 valence electrons. The molecule has 0 aromatic heterocycles. The minimum atomic E-state index is -1.09. The van der Waals surface area contributed by atoms with Gasteiger partial charge in [0.1, 0.15) is 0 Å². The van der Waals surface area contributed by atoms with Gasteiger partial charge >= 0.3 is 5.97 Å². The van der Waals surface area contributed by atoms with Crippen LogP contribution in [0.4, 0.5) is 0 Å². The monoisotopic (exact) mass is 428 g/mol. The molecule has 1 heterocycles. The van der Waals surface area contributed by atoms with Crippen molar-refractivity contribution in [2.24, 2.45) is 50.2 Å². The number of cyclic esters (lactones) is 1. The van der Waals surface area contributed by atoms with Gasteiger partial charge in [-0.2, -0.15) is 0 Å². The second kappa shape index (κ2) is 5.17. The maximum Gasteiger partial charge on any atom is 0.312 e. The summed E-state index contributed by atoms with van der Waals surface area (Å²) in [6, 6.07) is 0. The minimum Gasteiger partial charge on any atom is -0.465 e. The van der Waals surface area contributed by atoms with Crippen molar-refractivity contribution in [3.63, 3.8) is 0 Å². The summed E-state index contributed by atoms with van der Waals surface area (Å²) < 4.78 is 5.63. The van der Waals surface area contributed by atoms with Gasteiger partial charge in [0, 0.05) is 10.8 Å². The molecule has 0 aromatic carbocycles. The van der Waals surface area contributed by atoms with Gasteiger partial charge in [-0.05, 0) is 54.4 Å². The van der Waals surface area contributed by atoms with Crippen LogP contribution in [0.3, 0.4) is 0 Å². The lowest BCUT2D eigenvalue weighted by atomic mass is 9.31. The summed E-state index contributed by atoms with van der Waals surface area (Å²) in [6.07, 6.45) is 5.30. The lowest BCUT2D eigenvalue weighted by Crippen LogP contribution is -2.76. The van der Waals surface area contributed by atoms with E-state index in [1.165, 1.54) is 0 Å². The molecule has 7 rings (SSSR count). The Balaban J connectivity index is 1.64. The van der Waals surface area contributed by atoms with Crippen molar-refractivity contribution in [2.45, 2.75) is 59.5 Å². The smallest absolute Gasteiger partial charge is 0.312 e. The number of carbonyl (C=O) groups is 3. The minimum absolute atomic E-state index is 0.0322. The maximum absolute atomic E-state index is 14.0. The molecule has 9 unspecified atom stereocenters. The molecule has 4 bridgehead atoms. The molecule has 5 saturated carbocycles. The van der Waals surface area contributed by atoms with Crippen molar-refractivity contribution in [3.05, 3.63) is 12.2 Å². The summed E-state index contributed by atoms with van der Waals surface area (Å²) in [7, 11) is 0. The number of ketones is 2. The number of Topliss-reactive ketones (excluding diaryl/α,β-unsaturated/α-hetero) is 1. The van der Waals surface area contributed by atoms with Gasteiger partial charge in [0.05, 0.1) is 36.1 Å². The fourth-order valence-electron chi connectivity index (χ4n) is 10.4. The van der Waals surface area contributed by atoms with Crippen molar-refractivity contribution in [2.75, 3.05) is 13.2 Å². The van der Waals surface area contributed by atoms with E-state index in [-0.39, 0.29) is 47.4 Å². The highest BCUT2D eigenvalue weighted by Gasteiger charge is 2.91. The van der Waals surface area contributed by atoms with E-state index < -0.39 is 39.7 Å². The van der Waals surface area contributed by atoms with Crippen LogP contribution in [-0.4, -0.2) is 47.1 Å². The lowest BCUT2D eigenvalue weighted by Gasteiger charge is -2.70. The van der Waals surface area contributed by atoms with E-state index in [9.17, 15) is 24.6 Å². The van der Waals surface area contributed by atoms with E-state index in [0.29, 0.717) is 12.8 Å². The second-order valence-electron chi connectivity index (χ2n) is 12.5. The number of allylic oxidation sites excluding steroid dienone is 2. The summed E-state index contributed by atoms with van der Waals surface area (Å²) in [5.41, 5.74) is -4.25. The number of hydrogen-bond acceptors (Lipinski definition) is 6. The Hall–Kier alpha value is -1.53. The predicted molar refractivity (Wildman–Crippen MR) is 109 cm³/mol. The second-order valence-corrected chi connectivity index (χ2v) is 12.5. The van der Waals surface area contributed by atoms with Crippen molar-refractivity contribution < 1.29 is 29.3 Å². The molecule has 2 N–H and O–H groups in total. The zero-order chi connectivity index (χ0) is 22.4. The van der Waals surface area contributed by atoms with E-state index >= 15 is 0 Å². The SMILES string of the molecule is CC1(C)C(=O)C=CC2(C)C1CCC13CC4(C)C(=O)C(CO)(CC21)C31COC(=O)C1C4O. The van der Waals surface area contributed by atoms with Crippen molar-refractivity contribution in [1.82, 2.24) is 0 Å². The van der Waals surface area contributed by atoms with Gasteiger partial charge in [0.2, 0.25) is 0 Å². The van der Waals surface area contributed by atoms with Gasteiger partial charge in [0.15, 0.2) is 11.6 Å². The summed E-state index contributed by atoms with van der Waals surface area (Å²) in [6.45, 7) is 7.82. The van der Waals surface area contributed by atoms with Crippen LogP contribution in [0.5, 0.6) is 0 Å². The predicted octanol–water partition coefficient (Wildman–Crippen LogP) is 2.07. The van der Waals surface area contributed by atoms with Crippen LogP contribution < -0.4 is 0 Å². The Morgan fingerprint density at radius 3 is 2.52 bits per heavy atom. The van der Waals surface area contributed by atoms with Crippen LogP contribution in [0.15, 0.2) is 12.2 Å². The number of aliphatic hydroxyl groups is 2. The van der Waals surface area contributed by atoms with E-state index in [1.54, 1.807) is 13.0 Å². The average molecular weight is 429 g/mol. The molecule has 0 amide bonds. The molecular formula is C25H32O6. The molecule has 6 heteroatoms. The first-order valence-corrected chi connectivity index (χ1v) is 11.6. The molecule has 2 spiro atoms. The van der Waals surface area contributed by atoms with Crippen LogP contribution in [-0.2, 0) is 19.1 Å². The Morgan fingerprint density at radius 1 is 1.13 bits per heavy atom. The number of esters is 1. The van der Waals surface area contributed by atoms with Crippen molar-refractivity contribution >= 4 is 17.5 Å². The zero-order valence-corrected chi connectivity index (χ0v) is 18.7. The van der Waals surface area contributed by atoms with Gasteiger partial charge < -0.3 is 14.9 Å². The van der Waals surface area contributed by atoms with Crippen LogP contribution in [0.2, 0.25) is 0 Å². The van der Waals surface area contributed by atoms with Crippen molar-refractivity contribution in [1.29, 1.82) is 0 Å². The summed E-state index contributed by atoms with van der Waals surface area (Å²) in [5, 5.41) is 22.1. The highest BCUT2D eigenvalue weighted by Crippen LogP contribution is 2.87. The van der Waals surface area contributed by atoms with E-state index in [0.717, 1.165) is 12.8 Å². The Morgan fingerprint density at radius 2 is 1.84 bits per heavy atom. The molecule has 9 atom stereocenters. The molecular weight excluding hydrogens is 396 g/mol. The lowest BCUT2D eigenvalue weighted by molar-refractivity contribution is -0.255. The fourth-order valence-corrected chi connectivity index (χ4v) is 10.4. The highest BCUT2D eigenvalue weighted by atomic mass is 16.5. The molecule has 31 heavy (non-hydrogen) atoms. The topological polar surface area (TPSA) is 101 Å². The van der Waals surface area contributed by atoms with Gasteiger partial charge in [-0.25, -0.2) is 0 Å². The third kappa shape index (κ3) is 1.63. The van der Waals surface area contributed by atoms with Crippen LogP contribution in [0.25, 0.3) is 0 Å². The maximum atomic E-state index is 14.0. The van der Waals surface area contributed by atoms with Crippen LogP contribution in [0, 0.1) is 50.2 Å². The molecule has 6 aliphatic carbocycles. The third-order valence-electron chi connectivity index (χ3n) is 11.5. The third-order valence-corrected chi connectivity index (χ3v) is 11.5. The first-order valence-electron chi connectivity index (χ1n) is 11.6. The standard InChI is InChI=1S/C25H32O6/c1-20(2)13-5-8-23-10-22(4)17(28)16-18(29)31-12-25(16,23)24(11-26,19(22)30)9-14(23)21(13,3)7-6-15(20)27/h6-7,13-14,16-17,26,28H,5,8-12H2,1-4H3. The quantitative estimate of drug-likeness (QED) is 0.620. The molecule has 6 nitrogen and oxygen atoms in total. The Bertz CT molecular complexity index is 982. The van der Waals surface area contributed by atoms with Gasteiger partial charge in [-0.15, -0.1) is 0 Å². The summed E-state index contributed by atoms with van der Waals surface area (Å²) in [4.78, 5) is 39.7. The molecule has 0 radical (unpaired) electrons. The number of hydrogen-bond donors (Lipinski definition) is 2. The average Bonchev–Trinajstić information content (AvgIpc) is 3.17. The van der Waals surface area contributed by atoms with E-state index in [1.807, 2.05) is 13.8 Å². The largest absolute Gasteiger partial charge is 0.465 e. The van der Waals surface area contributed by atoms with Crippen LogP contribution in [0.1, 0.15) is 53.4 Å². The van der Waals surface area contributed by atoms with Crippen molar-refractivity contribution in [3.8, 4) is 0 Å². The molecule has 0 aromatic rings. The van der Waals surface area contributed by atoms with Crippen LogP contribution >= 0.6 is 0 Å². The number of carbonyl (C=O) groups excluding carboxylic acids is 3. The molecule has 1 aliphatic heterocycles. The first kappa shape index (κ1) is 20.1. The molecule has 6 fully saturated rings. The number of ether oxygens (including phenoxy) is 1. The van der Waals surface area contributed by atoms with Gasteiger partial charge in [-0.3, -0.25) is 14.4 Å². The molecule has 1 saturated heterocycles. The molecule has 7 aliphatic rings. The fraction of sp³-hybridized carbons (Fsp3) is 0.800. The normalized spacial score (nSPS) is 58.1. The van der Waals surface area contributed by atoms with E-state index in [4.69, 9.17) is 4.74 Å².